The maximum Gasteiger partial charge on any atom is 0.136 e. The van der Waals surface area contributed by atoms with Crippen molar-refractivity contribution in [3.63, 3.8) is 0 Å². The number of nitrogens with zero attached hydrogens (tertiary/aromatic N) is 3. The highest BCUT2D eigenvalue weighted by Crippen LogP contribution is 2.20. The van der Waals surface area contributed by atoms with E-state index in [0.717, 1.165) is 11.3 Å². The Morgan fingerprint density at radius 3 is 2.81 bits per heavy atom. The summed E-state index contributed by atoms with van der Waals surface area (Å²) in [6.07, 6.45) is 1.89. The van der Waals surface area contributed by atoms with Crippen molar-refractivity contribution >= 4 is 0 Å². The molecule has 0 aliphatic rings. The number of benzene rings is 1. The highest BCUT2D eigenvalue weighted by Gasteiger charge is 2.12. The molecular formula is C16H20N4O. The van der Waals surface area contributed by atoms with E-state index in [1.165, 1.54) is 5.56 Å². The van der Waals surface area contributed by atoms with Gasteiger partial charge in [-0.15, -0.1) is 0 Å². The quantitative estimate of drug-likeness (QED) is 0.916. The van der Waals surface area contributed by atoms with Crippen LogP contribution in [0.15, 0.2) is 24.4 Å². The molecule has 0 bridgehead atoms. The molecule has 1 N–H and O–H groups in total. The summed E-state index contributed by atoms with van der Waals surface area (Å²) in [4.78, 5) is 0. The van der Waals surface area contributed by atoms with E-state index in [1.54, 1.807) is 7.11 Å². The first-order chi connectivity index (χ1) is 10.1. The highest BCUT2D eigenvalue weighted by atomic mass is 16.5. The zero-order valence-corrected chi connectivity index (χ0v) is 12.8. The molecule has 0 saturated carbocycles. The van der Waals surface area contributed by atoms with Crippen LogP contribution >= 0.6 is 0 Å². The van der Waals surface area contributed by atoms with E-state index in [2.05, 4.69) is 30.3 Å². The van der Waals surface area contributed by atoms with Crippen LogP contribution in [0, 0.1) is 18.3 Å². The molecule has 1 aromatic heterocycles. The van der Waals surface area contributed by atoms with Crippen molar-refractivity contribution in [1.82, 2.24) is 15.1 Å². The van der Waals surface area contributed by atoms with Gasteiger partial charge in [-0.3, -0.25) is 4.68 Å². The number of ether oxygens (including phenoxy) is 1. The summed E-state index contributed by atoms with van der Waals surface area (Å²) in [7, 11) is 3.51. The Morgan fingerprint density at radius 1 is 1.48 bits per heavy atom. The lowest BCUT2D eigenvalue weighted by Gasteiger charge is -2.14. The third kappa shape index (κ3) is 3.23. The molecule has 0 saturated heterocycles. The van der Waals surface area contributed by atoms with E-state index >= 15 is 0 Å². The molecule has 0 spiro atoms. The lowest BCUT2D eigenvalue weighted by Crippen LogP contribution is -2.18. The molecule has 110 valence electrons. The van der Waals surface area contributed by atoms with Crippen molar-refractivity contribution in [3.05, 3.63) is 46.8 Å². The zero-order valence-electron chi connectivity index (χ0n) is 12.8. The van der Waals surface area contributed by atoms with Crippen LogP contribution in [0.3, 0.4) is 0 Å². The van der Waals surface area contributed by atoms with Gasteiger partial charge in [0, 0.05) is 30.9 Å². The van der Waals surface area contributed by atoms with E-state index in [4.69, 9.17) is 10.00 Å². The van der Waals surface area contributed by atoms with Crippen molar-refractivity contribution in [1.29, 1.82) is 5.26 Å². The average Bonchev–Trinajstić information content (AvgIpc) is 2.84. The Balaban J connectivity index is 2.06. The summed E-state index contributed by atoms with van der Waals surface area (Å²) in [6.45, 7) is 4.86. The maximum atomic E-state index is 9.11. The number of aromatic nitrogens is 2. The first-order valence-corrected chi connectivity index (χ1v) is 6.85. The van der Waals surface area contributed by atoms with Gasteiger partial charge in [-0.25, -0.2) is 0 Å². The Labute approximate surface area is 125 Å². The van der Waals surface area contributed by atoms with Gasteiger partial charge >= 0.3 is 0 Å². The molecule has 0 radical (unpaired) electrons. The van der Waals surface area contributed by atoms with Gasteiger partial charge in [-0.2, -0.15) is 10.4 Å². The van der Waals surface area contributed by atoms with Crippen molar-refractivity contribution in [3.8, 4) is 11.8 Å². The molecule has 0 aliphatic heterocycles. The Bertz CT molecular complexity index is 669. The van der Waals surface area contributed by atoms with Gasteiger partial charge in [-0.05, 0) is 31.5 Å². The van der Waals surface area contributed by atoms with Crippen molar-refractivity contribution in [2.24, 2.45) is 7.05 Å². The zero-order chi connectivity index (χ0) is 15.4. The Hall–Kier alpha value is -2.32. The maximum absolute atomic E-state index is 9.11. The number of aryl methyl sites for hydroxylation is 1. The van der Waals surface area contributed by atoms with Crippen molar-refractivity contribution < 1.29 is 4.74 Å². The lowest BCUT2D eigenvalue weighted by atomic mass is 10.1. The lowest BCUT2D eigenvalue weighted by molar-refractivity contribution is 0.413. The Morgan fingerprint density at radius 2 is 2.24 bits per heavy atom. The molecule has 5 heteroatoms. The summed E-state index contributed by atoms with van der Waals surface area (Å²) < 4.78 is 7.02. The van der Waals surface area contributed by atoms with Gasteiger partial charge in [0.15, 0.2) is 0 Å². The monoisotopic (exact) mass is 284 g/mol. The fourth-order valence-corrected chi connectivity index (χ4v) is 2.27. The van der Waals surface area contributed by atoms with Crippen LogP contribution in [0.25, 0.3) is 0 Å². The van der Waals surface area contributed by atoms with E-state index in [1.807, 2.05) is 36.1 Å². The van der Waals surface area contributed by atoms with Gasteiger partial charge in [-0.1, -0.05) is 6.07 Å². The number of hydrogen-bond acceptors (Lipinski definition) is 4. The molecule has 1 heterocycles. The van der Waals surface area contributed by atoms with E-state index in [-0.39, 0.29) is 6.04 Å². The van der Waals surface area contributed by atoms with Crippen LogP contribution in [-0.2, 0) is 13.6 Å². The van der Waals surface area contributed by atoms with Crippen LogP contribution in [-0.4, -0.2) is 16.9 Å². The third-order valence-electron chi connectivity index (χ3n) is 3.74. The molecule has 1 aromatic carbocycles. The molecule has 1 unspecified atom stereocenters. The van der Waals surface area contributed by atoms with Crippen LogP contribution in [0.5, 0.6) is 5.75 Å². The minimum atomic E-state index is 0.200. The third-order valence-corrected chi connectivity index (χ3v) is 3.74. The Kier molecular flexibility index (Phi) is 4.61. The number of rotatable bonds is 5. The number of hydrogen-bond donors (Lipinski definition) is 1. The van der Waals surface area contributed by atoms with Gasteiger partial charge in [0.25, 0.3) is 0 Å². The normalized spacial score (nSPS) is 12.0. The molecule has 0 amide bonds. The first kappa shape index (κ1) is 15.1. The van der Waals surface area contributed by atoms with Crippen molar-refractivity contribution in [2.75, 3.05) is 7.11 Å². The fraction of sp³-hybridized carbons (Fsp3) is 0.375. The largest absolute Gasteiger partial charge is 0.495 e. The van der Waals surface area contributed by atoms with Crippen LogP contribution in [0.2, 0.25) is 0 Å². The van der Waals surface area contributed by atoms with Gasteiger partial charge in [0.1, 0.15) is 11.8 Å². The van der Waals surface area contributed by atoms with Crippen LogP contribution in [0.1, 0.15) is 35.3 Å². The van der Waals surface area contributed by atoms with Crippen LogP contribution < -0.4 is 10.1 Å². The number of methoxy groups -OCH3 is 1. The topological polar surface area (TPSA) is 62.9 Å². The van der Waals surface area contributed by atoms with Crippen molar-refractivity contribution in [2.45, 2.75) is 26.4 Å². The summed E-state index contributed by atoms with van der Waals surface area (Å²) in [5.74, 6) is 0.609. The fourth-order valence-electron chi connectivity index (χ4n) is 2.27. The molecule has 1 atom stereocenters. The van der Waals surface area contributed by atoms with Crippen LogP contribution in [0.4, 0.5) is 0 Å². The van der Waals surface area contributed by atoms with Gasteiger partial charge in [0.05, 0.1) is 18.9 Å². The smallest absolute Gasteiger partial charge is 0.136 e. The van der Waals surface area contributed by atoms with E-state index in [9.17, 15) is 0 Å². The molecule has 21 heavy (non-hydrogen) atoms. The molecular weight excluding hydrogens is 264 g/mol. The van der Waals surface area contributed by atoms with E-state index < -0.39 is 0 Å². The summed E-state index contributed by atoms with van der Waals surface area (Å²) in [5.41, 5.74) is 3.96. The molecule has 0 aliphatic carbocycles. The summed E-state index contributed by atoms with van der Waals surface area (Å²) >= 11 is 0. The highest BCUT2D eigenvalue weighted by molar-refractivity contribution is 5.45. The number of nitrogens with one attached hydrogen (secondary N) is 1. The number of nitriles is 1. The average molecular weight is 284 g/mol. The standard InChI is InChI=1S/C16H20N4O/c1-11(15-10-19-20(3)12(15)2)18-9-13-5-6-16(21-4)14(7-13)8-17/h5-7,10-11,18H,9H2,1-4H3. The molecule has 2 aromatic rings. The SMILES string of the molecule is COc1ccc(CNC(C)c2cnn(C)c2C)cc1C#N. The predicted molar refractivity (Wildman–Crippen MR) is 80.9 cm³/mol. The molecule has 2 rings (SSSR count). The molecule has 0 fully saturated rings. The summed E-state index contributed by atoms with van der Waals surface area (Å²) in [5, 5.41) is 16.8. The minimum absolute atomic E-state index is 0.200. The summed E-state index contributed by atoms with van der Waals surface area (Å²) in [6, 6.07) is 8.01. The van der Waals surface area contributed by atoms with Gasteiger partial charge < -0.3 is 10.1 Å². The second kappa shape index (κ2) is 6.42. The first-order valence-electron chi connectivity index (χ1n) is 6.85. The predicted octanol–water partition coefficient (Wildman–Crippen LogP) is 2.46. The second-order valence-electron chi connectivity index (χ2n) is 5.06. The minimum Gasteiger partial charge on any atom is -0.495 e. The van der Waals surface area contributed by atoms with Gasteiger partial charge in [0.2, 0.25) is 0 Å². The van der Waals surface area contributed by atoms with E-state index in [0.29, 0.717) is 17.9 Å². The second-order valence-corrected chi connectivity index (χ2v) is 5.06. The molecule has 5 nitrogen and oxygen atoms in total.